The number of halogens is 1. The highest BCUT2D eigenvalue weighted by Gasteiger charge is 2.16. The number of hydrogen-bond donors (Lipinski definition) is 1. The maximum absolute atomic E-state index is 5.96. The molecule has 0 amide bonds. The van der Waals surface area contributed by atoms with Crippen LogP contribution in [0.15, 0.2) is 28.8 Å². The molecule has 0 radical (unpaired) electrons. The fourth-order valence-corrected chi connectivity index (χ4v) is 2.78. The summed E-state index contributed by atoms with van der Waals surface area (Å²) < 4.78 is 11.2. The zero-order valence-corrected chi connectivity index (χ0v) is 14.1. The van der Waals surface area contributed by atoms with E-state index < -0.39 is 0 Å². The van der Waals surface area contributed by atoms with Crippen LogP contribution in [-0.4, -0.2) is 22.8 Å². The molecule has 1 saturated carbocycles. The Balaban J connectivity index is 0.00000192. The summed E-state index contributed by atoms with van der Waals surface area (Å²) in [6.45, 7) is 0.698. The molecule has 0 spiro atoms. The Kier molecular flexibility index (Phi) is 6.86. The molecule has 2 N–H and O–H groups in total. The summed E-state index contributed by atoms with van der Waals surface area (Å²) in [4.78, 5) is 4.43. The van der Waals surface area contributed by atoms with Crippen LogP contribution in [0.2, 0.25) is 0 Å². The lowest BCUT2D eigenvalue weighted by molar-refractivity contribution is 0.210. The van der Waals surface area contributed by atoms with Crippen LogP contribution in [0, 0.1) is 0 Å². The molecule has 0 bridgehead atoms. The number of unbranched alkanes of at least 4 members (excludes halogenated alkanes) is 1. The van der Waals surface area contributed by atoms with Crippen LogP contribution < -0.4 is 10.5 Å². The van der Waals surface area contributed by atoms with E-state index in [1.807, 2.05) is 24.3 Å². The smallest absolute Gasteiger partial charge is 0.226 e. The predicted molar refractivity (Wildman–Crippen MR) is 91.9 cm³/mol. The molecule has 1 heterocycles. The Morgan fingerprint density at radius 3 is 2.57 bits per heavy atom. The van der Waals surface area contributed by atoms with Gasteiger partial charge in [-0.1, -0.05) is 5.16 Å². The summed E-state index contributed by atoms with van der Waals surface area (Å²) in [5, 5.41) is 4.04. The van der Waals surface area contributed by atoms with Gasteiger partial charge in [0.15, 0.2) is 0 Å². The highest BCUT2D eigenvalue weighted by Crippen LogP contribution is 2.26. The minimum atomic E-state index is 0. The molecule has 0 unspecified atom stereocenters. The third-order valence-corrected chi connectivity index (χ3v) is 4.03. The van der Waals surface area contributed by atoms with Crippen molar-refractivity contribution in [2.24, 2.45) is 5.73 Å². The monoisotopic (exact) mass is 337 g/mol. The van der Waals surface area contributed by atoms with Crippen LogP contribution in [0.4, 0.5) is 0 Å². The molecule has 5 nitrogen and oxygen atoms in total. The van der Waals surface area contributed by atoms with Crippen molar-refractivity contribution in [1.29, 1.82) is 0 Å². The van der Waals surface area contributed by atoms with Gasteiger partial charge in [-0.25, -0.2) is 0 Å². The summed E-state index contributed by atoms with van der Waals surface area (Å²) in [6, 6.07) is 7.94. The fourth-order valence-electron chi connectivity index (χ4n) is 2.78. The van der Waals surface area contributed by atoms with Crippen LogP contribution >= 0.6 is 12.4 Å². The van der Waals surface area contributed by atoms with Crippen molar-refractivity contribution < 1.29 is 9.26 Å². The van der Waals surface area contributed by atoms with E-state index in [1.54, 1.807) is 0 Å². The summed E-state index contributed by atoms with van der Waals surface area (Å²) in [5.74, 6) is 2.23. The second-order valence-corrected chi connectivity index (χ2v) is 5.81. The maximum atomic E-state index is 5.96. The van der Waals surface area contributed by atoms with Crippen molar-refractivity contribution >= 4 is 12.4 Å². The molecule has 1 fully saturated rings. The summed E-state index contributed by atoms with van der Waals surface area (Å²) in [6.07, 6.45) is 8.00. The first-order valence-electron chi connectivity index (χ1n) is 8.15. The molecule has 1 aromatic carbocycles. The number of aryl methyl sites for hydroxylation is 1. The standard InChI is InChI=1S/C17H23N3O2.ClH/c18-12-4-3-7-16-19-17(20-22-16)13-8-10-15(11-9-13)21-14-5-1-2-6-14;/h8-11,14H,1-7,12,18H2;1H. The molecule has 3 rings (SSSR count). The molecule has 6 heteroatoms. The van der Waals surface area contributed by atoms with Crippen molar-refractivity contribution in [2.75, 3.05) is 6.54 Å². The van der Waals surface area contributed by atoms with Gasteiger partial charge in [0.1, 0.15) is 5.75 Å². The van der Waals surface area contributed by atoms with Gasteiger partial charge in [-0.05, 0) is 69.3 Å². The quantitative estimate of drug-likeness (QED) is 0.778. The first-order valence-corrected chi connectivity index (χ1v) is 8.15. The SMILES string of the molecule is Cl.NCCCCc1nc(-c2ccc(OC3CCCC3)cc2)no1. The minimum absolute atomic E-state index is 0. The summed E-state index contributed by atoms with van der Waals surface area (Å²) >= 11 is 0. The lowest BCUT2D eigenvalue weighted by Crippen LogP contribution is -2.10. The lowest BCUT2D eigenvalue weighted by atomic mass is 10.2. The van der Waals surface area contributed by atoms with Crippen LogP contribution in [0.3, 0.4) is 0 Å². The van der Waals surface area contributed by atoms with Gasteiger partial charge in [-0.15, -0.1) is 12.4 Å². The van der Waals surface area contributed by atoms with Crippen molar-refractivity contribution in [3.05, 3.63) is 30.2 Å². The van der Waals surface area contributed by atoms with Gasteiger partial charge in [0, 0.05) is 12.0 Å². The molecule has 1 aliphatic carbocycles. The molecule has 0 atom stereocenters. The van der Waals surface area contributed by atoms with Crippen LogP contribution in [0.25, 0.3) is 11.4 Å². The molecule has 1 aliphatic rings. The Morgan fingerprint density at radius 1 is 1.13 bits per heavy atom. The number of benzene rings is 1. The average Bonchev–Trinajstić information content (AvgIpc) is 3.20. The molecule has 1 aromatic heterocycles. The third kappa shape index (κ3) is 4.94. The Labute approximate surface area is 143 Å². The second-order valence-electron chi connectivity index (χ2n) is 5.81. The van der Waals surface area contributed by atoms with Gasteiger partial charge in [-0.2, -0.15) is 4.98 Å². The fraction of sp³-hybridized carbons (Fsp3) is 0.529. The van der Waals surface area contributed by atoms with E-state index in [1.165, 1.54) is 25.7 Å². The highest BCUT2D eigenvalue weighted by molar-refractivity contribution is 5.85. The number of aromatic nitrogens is 2. The summed E-state index contributed by atoms with van der Waals surface area (Å²) in [5.41, 5.74) is 6.43. The van der Waals surface area contributed by atoms with E-state index in [0.29, 0.717) is 24.4 Å². The zero-order valence-electron chi connectivity index (χ0n) is 13.2. The number of nitrogens with zero attached hydrogens (tertiary/aromatic N) is 2. The molecular formula is C17H24ClN3O2. The minimum Gasteiger partial charge on any atom is -0.490 e. The Hall–Kier alpha value is -1.59. The molecule has 2 aromatic rings. The molecule has 23 heavy (non-hydrogen) atoms. The Bertz CT molecular complexity index is 580. The van der Waals surface area contributed by atoms with E-state index in [0.717, 1.165) is 30.6 Å². The van der Waals surface area contributed by atoms with Gasteiger partial charge in [-0.3, -0.25) is 0 Å². The molecule has 0 aliphatic heterocycles. The number of hydrogen-bond acceptors (Lipinski definition) is 5. The van der Waals surface area contributed by atoms with Gasteiger partial charge in [0.2, 0.25) is 11.7 Å². The lowest BCUT2D eigenvalue weighted by Gasteiger charge is -2.12. The maximum Gasteiger partial charge on any atom is 0.226 e. The van der Waals surface area contributed by atoms with Gasteiger partial charge in [0.25, 0.3) is 0 Å². The van der Waals surface area contributed by atoms with Crippen LogP contribution in [0.1, 0.15) is 44.4 Å². The largest absolute Gasteiger partial charge is 0.490 e. The summed E-state index contributed by atoms with van der Waals surface area (Å²) in [7, 11) is 0. The van der Waals surface area contributed by atoms with Crippen LogP contribution in [0.5, 0.6) is 5.75 Å². The Morgan fingerprint density at radius 2 is 1.87 bits per heavy atom. The molecular weight excluding hydrogens is 314 g/mol. The van der Waals surface area contributed by atoms with Crippen molar-refractivity contribution in [3.63, 3.8) is 0 Å². The van der Waals surface area contributed by atoms with Gasteiger partial charge in [0.05, 0.1) is 6.10 Å². The topological polar surface area (TPSA) is 74.2 Å². The molecule has 126 valence electrons. The highest BCUT2D eigenvalue weighted by atomic mass is 35.5. The first kappa shape index (κ1) is 17.8. The van der Waals surface area contributed by atoms with Crippen molar-refractivity contribution in [1.82, 2.24) is 10.1 Å². The normalized spacial score (nSPS) is 14.7. The van der Waals surface area contributed by atoms with E-state index in [-0.39, 0.29) is 12.4 Å². The second kappa shape index (κ2) is 8.89. The molecule has 0 saturated heterocycles. The van der Waals surface area contributed by atoms with Gasteiger partial charge >= 0.3 is 0 Å². The van der Waals surface area contributed by atoms with Gasteiger partial charge < -0.3 is 15.0 Å². The number of nitrogens with two attached hydrogens (primary N) is 1. The van der Waals surface area contributed by atoms with E-state index in [4.69, 9.17) is 15.0 Å². The van der Waals surface area contributed by atoms with Crippen molar-refractivity contribution in [2.45, 2.75) is 51.0 Å². The third-order valence-electron chi connectivity index (χ3n) is 4.03. The number of rotatable bonds is 7. The average molecular weight is 338 g/mol. The van der Waals surface area contributed by atoms with E-state index >= 15 is 0 Å². The number of ether oxygens (including phenoxy) is 1. The zero-order chi connectivity index (χ0) is 15.2. The van der Waals surface area contributed by atoms with E-state index in [9.17, 15) is 0 Å². The van der Waals surface area contributed by atoms with Crippen LogP contribution in [-0.2, 0) is 6.42 Å². The first-order chi connectivity index (χ1) is 10.8. The van der Waals surface area contributed by atoms with Crippen molar-refractivity contribution in [3.8, 4) is 17.1 Å². The predicted octanol–water partition coefficient (Wildman–Crippen LogP) is 3.76. The van der Waals surface area contributed by atoms with E-state index in [2.05, 4.69) is 10.1 Å².